The molecular formula is C14H22N4S. The smallest absolute Gasteiger partial charge is 0.0900 e. The van der Waals surface area contributed by atoms with Crippen molar-refractivity contribution >= 4 is 11.3 Å². The third-order valence-corrected chi connectivity index (χ3v) is 4.25. The first-order valence-corrected chi connectivity index (χ1v) is 7.67. The van der Waals surface area contributed by atoms with E-state index in [2.05, 4.69) is 49.3 Å². The molecule has 0 bridgehead atoms. The van der Waals surface area contributed by atoms with Gasteiger partial charge in [0.05, 0.1) is 22.9 Å². The van der Waals surface area contributed by atoms with E-state index in [9.17, 15) is 0 Å². The molecule has 0 aliphatic carbocycles. The van der Waals surface area contributed by atoms with Gasteiger partial charge in [-0.3, -0.25) is 4.68 Å². The topological polar surface area (TPSA) is 42.7 Å². The summed E-state index contributed by atoms with van der Waals surface area (Å²) in [4.78, 5) is 5.85. The highest BCUT2D eigenvalue weighted by atomic mass is 32.1. The summed E-state index contributed by atoms with van der Waals surface area (Å²) in [6.45, 7) is 10.3. The van der Waals surface area contributed by atoms with Gasteiger partial charge in [-0.15, -0.1) is 11.3 Å². The number of thiazole rings is 1. The molecule has 0 radical (unpaired) electrons. The Morgan fingerprint density at radius 1 is 1.37 bits per heavy atom. The van der Waals surface area contributed by atoms with Gasteiger partial charge in [0.15, 0.2) is 0 Å². The third-order valence-electron chi connectivity index (χ3n) is 3.11. The van der Waals surface area contributed by atoms with Gasteiger partial charge in [0.1, 0.15) is 0 Å². The molecule has 2 aromatic heterocycles. The molecule has 0 amide bonds. The van der Waals surface area contributed by atoms with Crippen molar-refractivity contribution in [2.75, 3.05) is 6.54 Å². The first-order valence-electron chi connectivity index (χ1n) is 6.85. The zero-order chi connectivity index (χ0) is 13.8. The Morgan fingerprint density at radius 3 is 2.68 bits per heavy atom. The average molecular weight is 278 g/mol. The number of nitrogens with one attached hydrogen (secondary N) is 1. The Bertz CT molecular complexity index is 529. The van der Waals surface area contributed by atoms with Crippen molar-refractivity contribution in [3.8, 4) is 0 Å². The minimum absolute atomic E-state index is 0.214. The number of aromatic nitrogens is 3. The Hall–Kier alpha value is -1.20. The molecule has 0 aliphatic heterocycles. The first kappa shape index (κ1) is 14.2. The zero-order valence-corrected chi connectivity index (χ0v) is 12.9. The standard InChI is InChI=1S/C14H22N4S/c1-5-7-15-13(12-8-16-18(6-2)9-12)14-10(3)17-11(4)19-14/h8-9,13,15H,5-7H2,1-4H3. The summed E-state index contributed by atoms with van der Waals surface area (Å²) < 4.78 is 1.97. The van der Waals surface area contributed by atoms with Crippen LogP contribution in [0.2, 0.25) is 0 Å². The van der Waals surface area contributed by atoms with Crippen molar-refractivity contribution in [3.63, 3.8) is 0 Å². The lowest BCUT2D eigenvalue weighted by Gasteiger charge is -2.16. The number of hydrogen-bond acceptors (Lipinski definition) is 4. The predicted octanol–water partition coefficient (Wildman–Crippen LogP) is 3.07. The Morgan fingerprint density at radius 2 is 2.16 bits per heavy atom. The maximum Gasteiger partial charge on any atom is 0.0900 e. The molecule has 0 saturated heterocycles. The molecule has 1 atom stereocenters. The lowest BCUT2D eigenvalue weighted by Crippen LogP contribution is -2.22. The van der Waals surface area contributed by atoms with Gasteiger partial charge in [-0.2, -0.15) is 5.10 Å². The Labute approximate surface area is 118 Å². The molecular weight excluding hydrogens is 256 g/mol. The number of rotatable bonds is 6. The second-order valence-electron chi connectivity index (χ2n) is 4.70. The largest absolute Gasteiger partial charge is 0.305 e. The van der Waals surface area contributed by atoms with E-state index in [-0.39, 0.29) is 6.04 Å². The van der Waals surface area contributed by atoms with Gasteiger partial charge >= 0.3 is 0 Å². The van der Waals surface area contributed by atoms with Crippen molar-refractivity contribution in [2.45, 2.75) is 46.7 Å². The molecule has 2 aromatic rings. The van der Waals surface area contributed by atoms with Crippen molar-refractivity contribution in [3.05, 3.63) is 33.5 Å². The van der Waals surface area contributed by atoms with Gasteiger partial charge in [-0.25, -0.2) is 4.98 Å². The monoisotopic (exact) mass is 278 g/mol. The van der Waals surface area contributed by atoms with Crippen LogP contribution in [0.25, 0.3) is 0 Å². The van der Waals surface area contributed by atoms with Crippen LogP contribution in [0.5, 0.6) is 0 Å². The van der Waals surface area contributed by atoms with Crippen LogP contribution in [-0.4, -0.2) is 21.3 Å². The van der Waals surface area contributed by atoms with Gasteiger partial charge in [-0.05, 0) is 33.7 Å². The normalized spacial score (nSPS) is 12.8. The van der Waals surface area contributed by atoms with Crippen molar-refractivity contribution in [1.29, 1.82) is 0 Å². The lowest BCUT2D eigenvalue weighted by atomic mass is 10.1. The third kappa shape index (κ3) is 3.22. The summed E-state index contributed by atoms with van der Waals surface area (Å²) in [6.07, 6.45) is 5.21. The van der Waals surface area contributed by atoms with Crippen molar-refractivity contribution < 1.29 is 0 Å². The average Bonchev–Trinajstić information content (AvgIpc) is 2.97. The van der Waals surface area contributed by atoms with Gasteiger partial charge in [-0.1, -0.05) is 6.92 Å². The molecule has 19 heavy (non-hydrogen) atoms. The van der Waals surface area contributed by atoms with Crippen LogP contribution in [0.4, 0.5) is 0 Å². The molecule has 5 heteroatoms. The fraction of sp³-hybridized carbons (Fsp3) is 0.571. The van der Waals surface area contributed by atoms with Crippen LogP contribution in [0, 0.1) is 13.8 Å². The lowest BCUT2D eigenvalue weighted by molar-refractivity contribution is 0.600. The van der Waals surface area contributed by atoms with E-state index in [1.165, 1.54) is 10.4 Å². The maximum atomic E-state index is 4.54. The van der Waals surface area contributed by atoms with E-state index in [1.54, 1.807) is 11.3 Å². The second-order valence-corrected chi connectivity index (χ2v) is 5.93. The van der Waals surface area contributed by atoms with Crippen LogP contribution in [0.3, 0.4) is 0 Å². The van der Waals surface area contributed by atoms with Crippen LogP contribution in [-0.2, 0) is 6.54 Å². The van der Waals surface area contributed by atoms with E-state index >= 15 is 0 Å². The van der Waals surface area contributed by atoms with E-state index in [1.807, 2.05) is 10.9 Å². The first-order chi connectivity index (χ1) is 9.15. The summed E-state index contributed by atoms with van der Waals surface area (Å²) in [5.41, 5.74) is 2.35. The van der Waals surface area contributed by atoms with Gasteiger partial charge in [0.2, 0.25) is 0 Å². The Kier molecular flexibility index (Phi) is 4.71. The van der Waals surface area contributed by atoms with Crippen LogP contribution < -0.4 is 5.32 Å². The molecule has 4 nitrogen and oxygen atoms in total. The molecule has 1 unspecified atom stereocenters. The second kappa shape index (κ2) is 6.30. The van der Waals surface area contributed by atoms with Crippen LogP contribution in [0.1, 0.15) is 47.5 Å². The molecule has 2 rings (SSSR count). The van der Waals surface area contributed by atoms with Gasteiger partial charge in [0.25, 0.3) is 0 Å². The van der Waals surface area contributed by atoms with E-state index in [0.717, 1.165) is 30.2 Å². The van der Waals surface area contributed by atoms with Gasteiger partial charge in [0, 0.05) is 23.2 Å². The number of aryl methyl sites for hydroxylation is 3. The SMILES string of the molecule is CCCNC(c1cnn(CC)c1)c1sc(C)nc1C. The summed E-state index contributed by atoms with van der Waals surface area (Å²) in [6, 6.07) is 0.214. The molecule has 0 fully saturated rings. The highest BCUT2D eigenvalue weighted by Crippen LogP contribution is 2.29. The quantitative estimate of drug-likeness (QED) is 0.883. The predicted molar refractivity (Wildman–Crippen MR) is 79.6 cm³/mol. The highest BCUT2D eigenvalue weighted by Gasteiger charge is 2.20. The number of hydrogen-bond donors (Lipinski definition) is 1. The number of nitrogens with zero attached hydrogens (tertiary/aromatic N) is 3. The Balaban J connectivity index is 2.32. The minimum atomic E-state index is 0.214. The van der Waals surface area contributed by atoms with E-state index < -0.39 is 0 Å². The van der Waals surface area contributed by atoms with Crippen LogP contribution in [0.15, 0.2) is 12.4 Å². The molecule has 0 aliphatic rings. The minimum Gasteiger partial charge on any atom is -0.305 e. The highest BCUT2D eigenvalue weighted by molar-refractivity contribution is 7.11. The fourth-order valence-electron chi connectivity index (χ4n) is 2.17. The van der Waals surface area contributed by atoms with Crippen molar-refractivity contribution in [2.24, 2.45) is 0 Å². The summed E-state index contributed by atoms with van der Waals surface area (Å²) in [7, 11) is 0. The molecule has 2 heterocycles. The fourth-order valence-corrected chi connectivity index (χ4v) is 3.20. The molecule has 1 N–H and O–H groups in total. The summed E-state index contributed by atoms with van der Waals surface area (Å²) in [5, 5.41) is 9.12. The zero-order valence-electron chi connectivity index (χ0n) is 12.1. The molecule has 0 aromatic carbocycles. The summed E-state index contributed by atoms with van der Waals surface area (Å²) in [5.74, 6) is 0. The van der Waals surface area contributed by atoms with E-state index in [4.69, 9.17) is 0 Å². The van der Waals surface area contributed by atoms with Crippen molar-refractivity contribution in [1.82, 2.24) is 20.1 Å². The maximum absolute atomic E-state index is 4.54. The van der Waals surface area contributed by atoms with Crippen LogP contribution >= 0.6 is 11.3 Å². The van der Waals surface area contributed by atoms with Gasteiger partial charge < -0.3 is 5.32 Å². The summed E-state index contributed by atoms with van der Waals surface area (Å²) >= 11 is 1.77. The molecule has 104 valence electrons. The molecule has 0 saturated carbocycles. The van der Waals surface area contributed by atoms with E-state index in [0.29, 0.717) is 0 Å². The molecule has 0 spiro atoms.